The summed E-state index contributed by atoms with van der Waals surface area (Å²) in [5, 5.41) is 1.22. The van der Waals surface area contributed by atoms with Crippen LogP contribution in [0.2, 0.25) is 0 Å². The average Bonchev–Trinajstić information content (AvgIpc) is 3.39. The SMILES string of the molecule is O=C(c1sc2ccccc2c1C1CCN(Cc2ccc(F)cc2)C1)N1CCOCC1. The first-order valence-electron chi connectivity index (χ1n) is 10.5. The predicted molar refractivity (Wildman–Crippen MR) is 118 cm³/mol. The Balaban J connectivity index is 1.41. The van der Waals surface area contributed by atoms with Crippen LogP contribution < -0.4 is 0 Å². The molecule has 2 aliphatic rings. The fourth-order valence-electron chi connectivity index (χ4n) is 4.60. The molecule has 0 N–H and O–H groups in total. The molecular formula is C24H25FN2O2S. The number of halogens is 1. The van der Waals surface area contributed by atoms with E-state index in [1.807, 2.05) is 23.1 Å². The van der Waals surface area contributed by atoms with Crippen molar-refractivity contribution in [2.75, 3.05) is 39.4 Å². The number of nitrogens with zero attached hydrogens (tertiary/aromatic N) is 2. The van der Waals surface area contributed by atoms with Gasteiger partial charge in [-0.3, -0.25) is 9.69 Å². The van der Waals surface area contributed by atoms with Crippen molar-refractivity contribution < 1.29 is 13.9 Å². The first-order valence-corrected chi connectivity index (χ1v) is 11.4. The summed E-state index contributed by atoms with van der Waals surface area (Å²) >= 11 is 1.63. The van der Waals surface area contributed by atoms with Crippen LogP contribution in [0.5, 0.6) is 0 Å². The molecule has 0 spiro atoms. The van der Waals surface area contributed by atoms with Crippen LogP contribution in [0.25, 0.3) is 10.1 Å². The lowest BCUT2D eigenvalue weighted by molar-refractivity contribution is 0.0305. The largest absolute Gasteiger partial charge is 0.378 e. The lowest BCUT2D eigenvalue weighted by Crippen LogP contribution is -2.40. The zero-order valence-corrected chi connectivity index (χ0v) is 17.7. The number of likely N-dealkylation sites (tertiary alicyclic amines) is 1. The summed E-state index contributed by atoms with van der Waals surface area (Å²) in [4.78, 5) is 18.6. The van der Waals surface area contributed by atoms with Gasteiger partial charge in [0.15, 0.2) is 0 Å². The monoisotopic (exact) mass is 424 g/mol. The third-order valence-corrected chi connectivity index (χ3v) is 7.30. The molecule has 30 heavy (non-hydrogen) atoms. The Morgan fingerprint density at radius 3 is 2.63 bits per heavy atom. The standard InChI is InChI=1S/C24H25FN2O2S/c25-19-7-5-17(6-8-19)15-26-10-9-18(16-26)22-20-3-1-2-4-21(20)30-23(22)24(28)27-11-13-29-14-12-27/h1-8,18H,9-16H2. The van der Waals surface area contributed by atoms with Gasteiger partial charge in [0.05, 0.1) is 18.1 Å². The van der Waals surface area contributed by atoms with Crippen LogP contribution in [0.15, 0.2) is 48.5 Å². The van der Waals surface area contributed by atoms with Crippen molar-refractivity contribution in [3.05, 3.63) is 70.4 Å². The van der Waals surface area contributed by atoms with Crippen LogP contribution >= 0.6 is 11.3 Å². The Kier molecular flexibility index (Phi) is 5.54. The van der Waals surface area contributed by atoms with Crippen LogP contribution in [0.3, 0.4) is 0 Å². The zero-order valence-electron chi connectivity index (χ0n) is 16.9. The molecular weight excluding hydrogens is 399 g/mol. The van der Waals surface area contributed by atoms with Crippen molar-refractivity contribution in [1.82, 2.24) is 9.80 Å². The predicted octanol–water partition coefficient (Wildman–Crippen LogP) is 4.50. The summed E-state index contributed by atoms with van der Waals surface area (Å²) in [5.74, 6) is 0.280. The Bertz CT molecular complexity index is 1040. The van der Waals surface area contributed by atoms with Crippen molar-refractivity contribution in [1.29, 1.82) is 0 Å². The zero-order chi connectivity index (χ0) is 20.5. The van der Waals surface area contributed by atoms with Crippen molar-refractivity contribution in [3.63, 3.8) is 0 Å². The molecule has 1 aromatic heterocycles. The second-order valence-corrected chi connectivity index (χ2v) is 9.14. The van der Waals surface area contributed by atoms with Crippen LogP contribution in [0, 0.1) is 5.82 Å². The highest BCUT2D eigenvalue weighted by Gasteiger charge is 2.32. The molecule has 156 valence electrons. The summed E-state index contributed by atoms with van der Waals surface area (Å²) in [6, 6.07) is 15.1. The molecule has 2 fully saturated rings. The van der Waals surface area contributed by atoms with Gasteiger partial charge in [-0.05, 0) is 47.7 Å². The number of hydrogen-bond donors (Lipinski definition) is 0. The molecule has 4 nitrogen and oxygen atoms in total. The average molecular weight is 425 g/mol. The fourth-order valence-corrected chi connectivity index (χ4v) is 5.86. The molecule has 1 atom stereocenters. The van der Waals surface area contributed by atoms with Gasteiger partial charge in [-0.1, -0.05) is 30.3 Å². The van der Waals surface area contributed by atoms with E-state index in [2.05, 4.69) is 23.1 Å². The second kappa shape index (κ2) is 8.46. The van der Waals surface area contributed by atoms with Gasteiger partial charge >= 0.3 is 0 Å². The van der Waals surface area contributed by atoms with E-state index in [4.69, 9.17) is 4.74 Å². The third kappa shape index (κ3) is 3.87. The first-order chi connectivity index (χ1) is 14.7. The summed E-state index contributed by atoms with van der Waals surface area (Å²) in [6.45, 7) is 5.26. The van der Waals surface area contributed by atoms with Crippen molar-refractivity contribution >= 4 is 27.3 Å². The Morgan fingerprint density at radius 2 is 1.83 bits per heavy atom. The smallest absolute Gasteiger partial charge is 0.264 e. The molecule has 0 bridgehead atoms. The number of carbonyl (C=O) groups is 1. The van der Waals surface area contributed by atoms with E-state index in [0.717, 1.165) is 36.5 Å². The number of amides is 1. The Labute approximate surface area is 179 Å². The summed E-state index contributed by atoms with van der Waals surface area (Å²) in [5.41, 5.74) is 2.34. The lowest BCUT2D eigenvalue weighted by atomic mass is 9.94. The topological polar surface area (TPSA) is 32.8 Å². The van der Waals surface area contributed by atoms with Gasteiger partial charge in [-0.15, -0.1) is 11.3 Å². The van der Waals surface area contributed by atoms with E-state index < -0.39 is 0 Å². The Hall–Kier alpha value is -2.28. The van der Waals surface area contributed by atoms with Gasteiger partial charge in [-0.25, -0.2) is 4.39 Å². The fraction of sp³-hybridized carbons (Fsp3) is 0.375. The summed E-state index contributed by atoms with van der Waals surface area (Å²) in [7, 11) is 0. The number of fused-ring (bicyclic) bond motifs is 1. The van der Waals surface area contributed by atoms with Gasteiger partial charge in [-0.2, -0.15) is 0 Å². The van der Waals surface area contributed by atoms with Crippen molar-refractivity contribution in [2.24, 2.45) is 0 Å². The van der Waals surface area contributed by atoms with Crippen molar-refractivity contribution in [3.8, 4) is 0 Å². The van der Waals surface area contributed by atoms with Gasteiger partial charge in [0, 0.05) is 36.8 Å². The molecule has 0 radical (unpaired) electrons. The van der Waals surface area contributed by atoms with Gasteiger partial charge in [0.1, 0.15) is 5.82 Å². The van der Waals surface area contributed by atoms with E-state index in [1.54, 1.807) is 11.3 Å². The van der Waals surface area contributed by atoms with Crippen LogP contribution in [0.1, 0.15) is 33.1 Å². The number of carbonyl (C=O) groups excluding carboxylic acids is 1. The third-order valence-electron chi connectivity index (χ3n) is 6.13. The molecule has 2 saturated heterocycles. The molecule has 3 heterocycles. The van der Waals surface area contributed by atoms with E-state index >= 15 is 0 Å². The molecule has 0 aliphatic carbocycles. The number of hydrogen-bond acceptors (Lipinski definition) is 4. The molecule has 2 aromatic carbocycles. The number of morpholine rings is 1. The van der Waals surface area contributed by atoms with Gasteiger partial charge < -0.3 is 9.64 Å². The maximum absolute atomic E-state index is 13.4. The summed E-state index contributed by atoms with van der Waals surface area (Å²) < 4.78 is 19.8. The normalized spacial score (nSPS) is 20.2. The van der Waals surface area contributed by atoms with Crippen LogP contribution in [0.4, 0.5) is 4.39 Å². The minimum absolute atomic E-state index is 0.145. The Morgan fingerprint density at radius 1 is 1.07 bits per heavy atom. The van der Waals surface area contributed by atoms with Crippen LogP contribution in [-0.4, -0.2) is 55.1 Å². The lowest BCUT2D eigenvalue weighted by Gasteiger charge is -2.27. The molecule has 1 unspecified atom stereocenters. The number of ether oxygens (including phenoxy) is 1. The van der Waals surface area contributed by atoms with Crippen molar-refractivity contribution in [2.45, 2.75) is 18.9 Å². The minimum Gasteiger partial charge on any atom is -0.378 e. The first kappa shape index (κ1) is 19.7. The van der Waals surface area contributed by atoms with E-state index in [-0.39, 0.29) is 11.7 Å². The highest BCUT2D eigenvalue weighted by molar-refractivity contribution is 7.21. The van der Waals surface area contributed by atoms with E-state index in [0.29, 0.717) is 32.2 Å². The van der Waals surface area contributed by atoms with E-state index in [9.17, 15) is 9.18 Å². The number of thiophene rings is 1. The molecule has 6 heteroatoms. The molecule has 5 rings (SSSR count). The molecule has 1 amide bonds. The number of benzene rings is 2. The highest BCUT2D eigenvalue weighted by atomic mass is 32.1. The maximum Gasteiger partial charge on any atom is 0.264 e. The van der Waals surface area contributed by atoms with Gasteiger partial charge in [0.2, 0.25) is 0 Å². The van der Waals surface area contributed by atoms with Crippen LogP contribution in [-0.2, 0) is 11.3 Å². The van der Waals surface area contributed by atoms with E-state index in [1.165, 1.54) is 27.8 Å². The summed E-state index contributed by atoms with van der Waals surface area (Å²) in [6.07, 6.45) is 1.03. The quantitative estimate of drug-likeness (QED) is 0.618. The minimum atomic E-state index is -0.200. The number of rotatable bonds is 4. The molecule has 3 aromatic rings. The second-order valence-electron chi connectivity index (χ2n) is 8.09. The molecule has 2 aliphatic heterocycles. The van der Waals surface area contributed by atoms with Gasteiger partial charge in [0.25, 0.3) is 5.91 Å². The highest BCUT2D eigenvalue weighted by Crippen LogP contribution is 2.41. The molecule has 0 saturated carbocycles. The maximum atomic E-state index is 13.4.